The first-order chi connectivity index (χ1) is 9.19. The van der Waals surface area contributed by atoms with Crippen molar-refractivity contribution in [1.82, 2.24) is 4.90 Å². The molecule has 3 heterocycles. The van der Waals surface area contributed by atoms with Crippen LogP contribution in [-0.2, 0) is 9.47 Å². The fraction of sp³-hybridized carbons (Fsp3) is 0.923. The zero-order chi connectivity index (χ0) is 13.3. The van der Waals surface area contributed by atoms with Gasteiger partial charge in [-0.3, -0.25) is 10.3 Å². The standard InChI is InChI=1S/C13H23N3O2S/c14-12(15)11-8-16(3-5-17-11)10-1-4-18-13(7-10)2-6-19-9-13/h10-11H,1-9H2,(H3,14,15). The third-order valence-corrected chi connectivity index (χ3v) is 5.72. The molecule has 0 saturated carbocycles. The SMILES string of the molecule is N=C(N)C1CN(C2CCOC3(CCSC3)C2)CCO1. The summed E-state index contributed by atoms with van der Waals surface area (Å²) in [5, 5.41) is 7.55. The number of ether oxygens (including phenoxy) is 2. The molecule has 3 saturated heterocycles. The van der Waals surface area contributed by atoms with Gasteiger partial charge in [-0.15, -0.1) is 0 Å². The van der Waals surface area contributed by atoms with Crippen LogP contribution in [0, 0.1) is 5.41 Å². The lowest BCUT2D eigenvalue weighted by Gasteiger charge is -2.45. The third kappa shape index (κ3) is 2.91. The fourth-order valence-corrected chi connectivity index (χ4v) is 4.74. The van der Waals surface area contributed by atoms with Gasteiger partial charge in [-0.1, -0.05) is 0 Å². The molecule has 6 heteroatoms. The highest BCUT2D eigenvalue weighted by Gasteiger charge is 2.42. The molecule has 3 N–H and O–H groups in total. The van der Waals surface area contributed by atoms with Crippen molar-refractivity contribution in [1.29, 1.82) is 5.41 Å². The molecule has 19 heavy (non-hydrogen) atoms. The number of hydrogen-bond acceptors (Lipinski definition) is 5. The van der Waals surface area contributed by atoms with Gasteiger partial charge < -0.3 is 15.2 Å². The summed E-state index contributed by atoms with van der Waals surface area (Å²) in [6.45, 7) is 3.28. The minimum Gasteiger partial charge on any atom is -0.385 e. The Balaban J connectivity index is 1.63. The molecule has 0 aromatic heterocycles. The molecule has 3 fully saturated rings. The van der Waals surface area contributed by atoms with Crippen molar-refractivity contribution in [2.45, 2.75) is 37.0 Å². The summed E-state index contributed by atoms with van der Waals surface area (Å²) in [5.74, 6) is 2.53. The zero-order valence-electron chi connectivity index (χ0n) is 11.3. The number of nitrogens with one attached hydrogen (secondary N) is 1. The quantitative estimate of drug-likeness (QED) is 0.576. The van der Waals surface area contributed by atoms with Gasteiger partial charge in [0.15, 0.2) is 0 Å². The van der Waals surface area contributed by atoms with Gasteiger partial charge in [0.2, 0.25) is 0 Å². The van der Waals surface area contributed by atoms with Crippen molar-refractivity contribution in [3.8, 4) is 0 Å². The second kappa shape index (κ2) is 5.60. The summed E-state index contributed by atoms with van der Waals surface area (Å²) < 4.78 is 11.6. The molecule has 3 aliphatic heterocycles. The van der Waals surface area contributed by atoms with Crippen LogP contribution in [0.15, 0.2) is 0 Å². The average Bonchev–Trinajstić information content (AvgIpc) is 2.87. The molecule has 1 spiro atoms. The molecule has 3 unspecified atom stereocenters. The molecule has 3 rings (SSSR count). The Labute approximate surface area is 118 Å². The van der Waals surface area contributed by atoms with Gasteiger partial charge in [0.05, 0.1) is 12.2 Å². The van der Waals surface area contributed by atoms with E-state index in [2.05, 4.69) is 4.90 Å². The van der Waals surface area contributed by atoms with E-state index in [0.717, 1.165) is 38.3 Å². The molecular formula is C13H23N3O2S. The first-order valence-electron chi connectivity index (χ1n) is 7.10. The second-order valence-corrected chi connectivity index (χ2v) is 6.90. The molecule has 3 atom stereocenters. The van der Waals surface area contributed by atoms with Crippen molar-refractivity contribution < 1.29 is 9.47 Å². The lowest BCUT2D eigenvalue weighted by Crippen LogP contribution is -2.55. The highest BCUT2D eigenvalue weighted by molar-refractivity contribution is 7.99. The normalized spacial score (nSPS) is 40.6. The molecule has 108 valence electrons. The maximum absolute atomic E-state index is 7.55. The van der Waals surface area contributed by atoms with E-state index < -0.39 is 0 Å². The number of nitrogens with zero attached hydrogens (tertiary/aromatic N) is 1. The van der Waals surface area contributed by atoms with E-state index in [1.165, 1.54) is 12.2 Å². The Bertz CT molecular complexity index is 347. The van der Waals surface area contributed by atoms with E-state index in [-0.39, 0.29) is 17.5 Å². The monoisotopic (exact) mass is 285 g/mol. The Morgan fingerprint density at radius 3 is 3.05 bits per heavy atom. The zero-order valence-corrected chi connectivity index (χ0v) is 12.1. The molecule has 0 radical (unpaired) electrons. The molecule has 0 bridgehead atoms. The molecule has 5 nitrogen and oxygen atoms in total. The van der Waals surface area contributed by atoms with E-state index in [1.54, 1.807) is 0 Å². The number of hydrogen-bond donors (Lipinski definition) is 2. The van der Waals surface area contributed by atoms with E-state index in [1.807, 2.05) is 11.8 Å². The van der Waals surface area contributed by atoms with Crippen molar-refractivity contribution >= 4 is 17.6 Å². The average molecular weight is 285 g/mol. The number of nitrogens with two attached hydrogens (primary N) is 1. The van der Waals surface area contributed by atoms with Gasteiger partial charge in [-0.05, 0) is 25.0 Å². The van der Waals surface area contributed by atoms with Gasteiger partial charge in [0.1, 0.15) is 11.9 Å². The van der Waals surface area contributed by atoms with Gasteiger partial charge in [0.25, 0.3) is 0 Å². The Kier molecular flexibility index (Phi) is 4.03. The molecule has 0 aliphatic carbocycles. The summed E-state index contributed by atoms with van der Waals surface area (Å²) in [4.78, 5) is 2.46. The van der Waals surface area contributed by atoms with Crippen LogP contribution in [0.2, 0.25) is 0 Å². The van der Waals surface area contributed by atoms with Crippen LogP contribution in [0.3, 0.4) is 0 Å². The van der Waals surface area contributed by atoms with Gasteiger partial charge >= 0.3 is 0 Å². The smallest absolute Gasteiger partial charge is 0.127 e. The summed E-state index contributed by atoms with van der Waals surface area (Å²) >= 11 is 2.01. The minimum atomic E-state index is -0.217. The minimum absolute atomic E-state index is 0.123. The van der Waals surface area contributed by atoms with Crippen LogP contribution in [0.4, 0.5) is 0 Å². The fourth-order valence-electron chi connectivity index (χ4n) is 3.37. The van der Waals surface area contributed by atoms with Gasteiger partial charge in [-0.2, -0.15) is 11.8 Å². The van der Waals surface area contributed by atoms with Crippen molar-refractivity contribution in [3.63, 3.8) is 0 Å². The highest BCUT2D eigenvalue weighted by Crippen LogP contribution is 2.39. The third-order valence-electron chi connectivity index (χ3n) is 4.50. The maximum atomic E-state index is 7.55. The predicted octanol–water partition coefficient (Wildman–Crippen LogP) is 0.678. The molecule has 3 aliphatic rings. The Morgan fingerprint density at radius 2 is 2.32 bits per heavy atom. The lowest BCUT2D eigenvalue weighted by atomic mass is 9.88. The number of thioether (sulfide) groups is 1. The summed E-state index contributed by atoms with van der Waals surface area (Å²) in [7, 11) is 0. The van der Waals surface area contributed by atoms with E-state index in [4.69, 9.17) is 20.6 Å². The summed E-state index contributed by atoms with van der Waals surface area (Å²) in [6.07, 6.45) is 3.20. The van der Waals surface area contributed by atoms with Crippen LogP contribution in [0.5, 0.6) is 0 Å². The number of amidine groups is 1. The predicted molar refractivity (Wildman–Crippen MR) is 76.9 cm³/mol. The van der Waals surface area contributed by atoms with Crippen molar-refractivity contribution in [3.05, 3.63) is 0 Å². The first kappa shape index (κ1) is 13.7. The van der Waals surface area contributed by atoms with Gasteiger partial charge in [0, 0.05) is 31.5 Å². The molecule has 0 aromatic rings. The topological polar surface area (TPSA) is 71.6 Å². The maximum Gasteiger partial charge on any atom is 0.127 e. The molecule has 0 amide bonds. The van der Waals surface area contributed by atoms with Crippen LogP contribution in [0.25, 0.3) is 0 Å². The second-order valence-electron chi connectivity index (χ2n) is 5.79. The van der Waals surface area contributed by atoms with Crippen molar-refractivity contribution in [2.75, 3.05) is 37.8 Å². The van der Waals surface area contributed by atoms with Gasteiger partial charge in [-0.25, -0.2) is 0 Å². The Hall–Kier alpha value is -0.300. The number of morpholine rings is 1. The number of rotatable bonds is 2. The summed E-state index contributed by atoms with van der Waals surface area (Å²) in [5.41, 5.74) is 5.70. The van der Waals surface area contributed by atoms with E-state index in [9.17, 15) is 0 Å². The van der Waals surface area contributed by atoms with E-state index >= 15 is 0 Å². The molecule has 0 aromatic carbocycles. The highest BCUT2D eigenvalue weighted by atomic mass is 32.2. The molecular weight excluding hydrogens is 262 g/mol. The van der Waals surface area contributed by atoms with E-state index in [0.29, 0.717) is 12.6 Å². The van der Waals surface area contributed by atoms with Crippen LogP contribution in [0.1, 0.15) is 19.3 Å². The summed E-state index contributed by atoms with van der Waals surface area (Å²) in [6, 6.07) is 0.568. The lowest BCUT2D eigenvalue weighted by molar-refractivity contribution is -0.105. The van der Waals surface area contributed by atoms with Crippen molar-refractivity contribution in [2.24, 2.45) is 5.73 Å². The largest absolute Gasteiger partial charge is 0.385 e. The van der Waals surface area contributed by atoms with Crippen LogP contribution in [-0.4, -0.2) is 66.3 Å². The Morgan fingerprint density at radius 1 is 1.42 bits per heavy atom. The van der Waals surface area contributed by atoms with Crippen LogP contribution >= 0.6 is 11.8 Å². The van der Waals surface area contributed by atoms with Crippen LogP contribution < -0.4 is 5.73 Å². The first-order valence-corrected chi connectivity index (χ1v) is 8.25.